The van der Waals surface area contributed by atoms with Crippen molar-refractivity contribution in [3.63, 3.8) is 0 Å². The van der Waals surface area contributed by atoms with Crippen molar-refractivity contribution < 1.29 is 4.79 Å². The van der Waals surface area contributed by atoms with E-state index in [-0.39, 0.29) is 5.91 Å². The number of hydrogen-bond donors (Lipinski definition) is 1. The van der Waals surface area contributed by atoms with Crippen molar-refractivity contribution in [1.29, 1.82) is 5.26 Å². The van der Waals surface area contributed by atoms with Crippen LogP contribution in [0.4, 0.5) is 0 Å². The second-order valence-corrected chi connectivity index (χ2v) is 5.25. The monoisotopic (exact) mass is 260 g/mol. The number of amides is 1. The smallest absolute Gasteiger partial charge is 0.240 e. The van der Waals surface area contributed by atoms with Crippen LogP contribution in [-0.4, -0.2) is 15.5 Å². The fourth-order valence-electron chi connectivity index (χ4n) is 2.62. The van der Waals surface area contributed by atoms with E-state index in [0.29, 0.717) is 19.4 Å². The van der Waals surface area contributed by atoms with E-state index >= 15 is 0 Å². The third kappa shape index (κ3) is 2.95. The van der Waals surface area contributed by atoms with Crippen molar-refractivity contribution in [2.75, 3.05) is 0 Å². The predicted octanol–water partition coefficient (Wildman–Crippen LogP) is 1.90. The van der Waals surface area contributed by atoms with Crippen LogP contribution in [0, 0.1) is 16.7 Å². The highest BCUT2D eigenvalue weighted by atomic mass is 16.2. The van der Waals surface area contributed by atoms with Crippen LogP contribution < -0.4 is 5.32 Å². The molecule has 1 aromatic heterocycles. The van der Waals surface area contributed by atoms with Crippen LogP contribution in [-0.2, 0) is 18.4 Å². The molecule has 1 saturated carbocycles. The second-order valence-electron chi connectivity index (χ2n) is 5.25. The van der Waals surface area contributed by atoms with Crippen LogP contribution in [0.1, 0.15) is 44.3 Å². The average molecular weight is 260 g/mol. The van der Waals surface area contributed by atoms with Gasteiger partial charge in [0, 0.05) is 19.4 Å². The number of hydrogen-bond acceptors (Lipinski definition) is 3. The summed E-state index contributed by atoms with van der Waals surface area (Å²) in [5.74, 6) is 0.662. The van der Waals surface area contributed by atoms with E-state index in [1.807, 2.05) is 17.8 Å². The van der Waals surface area contributed by atoms with E-state index in [9.17, 15) is 10.1 Å². The Balaban J connectivity index is 2.01. The molecular formula is C14H20N4O. The number of rotatable bonds is 3. The summed E-state index contributed by atoms with van der Waals surface area (Å²) in [7, 11) is 1.89. The average Bonchev–Trinajstić information content (AvgIpc) is 2.68. The summed E-state index contributed by atoms with van der Waals surface area (Å²) >= 11 is 0. The second kappa shape index (κ2) is 5.87. The maximum Gasteiger partial charge on any atom is 0.240 e. The van der Waals surface area contributed by atoms with Gasteiger partial charge in [-0.05, 0) is 12.8 Å². The summed E-state index contributed by atoms with van der Waals surface area (Å²) < 4.78 is 1.87. The van der Waals surface area contributed by atoms with Gasteiger partial charge in [0.15, 0.2) is 0 Å². The third-order valence-electron chi connectivity index (χ3n) is 3.93. The molecule has 0 unspecified atom stereocenters. The fourth-order valence-corrected chi connectivity index (χ4v) is 2.62. The van der Waals surface area contributed by atoms with Crippen molar-refractivity contribution in [3.8, 4) is 6.07 Å². The Bertz CT molecular complexity index is 478. The molecule has 0 atom stereocenters. The van der Waals surface area contributed by atoms with Crippen LogP contribution in [0.5, 0.6) is 0 Å². The summed E-state index contributed by atoms with van der Waals surface area (Å²) in [4.78, 5) is 16.5. The number of carbonyl (C=O) groups is 1. The molecule has 1 amide bonds. The Morgan fingerprint density at radius 3 is 2.68 bits per heavy atom. The molecule has 1 aliphatic carbocycles. The van der Waals surface area contributed by atoms with Crippen LogP contribution in [0.25, 0.3) is 0 Å². The van der Waals surface area contributed by atoms with Gasteiger partial charge in [0.1, 0.15) is 11.2 Å². The van der Waals surface area contributed by atoms with E-state index in [1.165, 1.54) is 0 Å². The molecule has 0 radical (unpaired) electrons. The maximum atomic E-state index is 12.3. The molecule has 1 aromatic rings. The normalized spacial score (nSPS) is 18.3. The van der Waals surface area contributed by atoms with E-state index in [4.69, 9.17) is 0 Å². The Hall–Kier alpha value is -1.83. The lowest BCUT2D eigenvalue weighted by atomic mass is 9.81. The predicted molar refractivity (Wildman–Crippen MR) is 70.8 cm³/mol. The van der Waals surface area contributed by atoms with Gasteiger partial charge in [-0.15, -0.1) is 0 Å². The molecule has 5 nitrogen and oxygen atoms in total. The first-order valence-electron chi connectivity index (χ1n) is 6.84. The molecule has 5 heteroatoms. The van der Waals surface area contributed by atoms with Crippen molar-refractivity contribution >= 4 is 5.91 Å². The molecule has 0 aliphatic heterocycles. The van der Waals surface area contributed by atoms with Gasteiger partial charge in [-0.2, -0.15) is 5.26 Å². The minimum absolute atomic E-state index is 0.139. The van der Waals surface area contributed by atoms with Gasteiger partial charge in [-0.3, -0.25) is 4.79 Å². The van der Waals surface area contributed by atoms with Crippen LogP contribution in [0.15, 0.2) is 12.4 Å². The highest BCUT2D eigenvalue weighted by Gasteiger charge is 2.38. The lowest BCUT2D eigenvalue weighted by Crippen LogP contribution is -2.39. The lowest BCUT2D eigenvalue weighted by molar-refractivity contribution is -0.129. The van der Waals surface area contributed by atoms with Gasteiger partial charge in [0.25, 0.3) is 0 Å². The molecule has 102 valence electrons. The zero-order valence-electron chi connectivity index (χ0n) is 11.4. The highest BCUT2D eigenvalue weighted by Crippen LogP contribution is 2.34. The topological polar surface area (TPSA) is 70.7 Å². The number of nitriles is 1. The van der Waals surface area contributed by atoms with Gasteiger partial charge in [0.05, 0.1) is 12.6 Å². The zero-order chi connectivity index (χ0) is 13.7. The molecule has 2 rings (SSSR count). The molecule has 0 saturated heterocycles. The van der Waals surface area contributed by atoms with Crippen molar-refractivity contribution in [2.24, 2.45) is 12.5 Å². The molecular weight excluding hydrogens is 240 g/mol. The molecule has 0 spiro atoms. The summed E-state index contributed by atoms with van der Waals surface area (Å²) in [6, 6.07) is 2.26. The maximum absolute atomic E-state index is 12.3. The Morgan fingerprint density at radius 2 is 2.16 bits per heavy atom. The van der Waals surface area contributed by atoms with E-state index < -0.39 is 5.41 Å². The molecule has 1 heterocycles. The molecule has 1 aliphatic rings. The van der Waals surface area contributed by atoms with Crippen LogP contribution >= 0.6 is 0 Å². The van der Waals surface area contributed by atoms with Crippen molar-refractivity contribution in [3.05, 3.63) is 18.2 Å². The standard InChI is InChI=1S/C14H20N4O/c1-18-9-8-16-12(18)10-17-13(19)14(11-15)6-4-2-3-5-7-14/h8-9H,2-7,10H2,1H3,(H,17,19). The summed E-state index contributed by atoms with van der Waals surface area (Å²) in [5.41, 5.74) is -0.832. The van der Waals surface area contributed by atoms with Gasteiger partial charge in [-0.25, -0.2) is 4.98 Å². The van der Waals surface area contributed by atoms with Gasteiger partial charge in [0.2, 0.25) is 5.91 Å². The highest BCUT2D eigenvalue weighted by molar-refractivity contribution is 5.85. The summed E-state index contributed by atoms with van der Waals surface area (Å²) in [5, 5.41) is 12.3. The number of aromatic nitrogens is 2. The summed E-state index contributed by atoms with van der Waals surface area (Å²) in [6.45, 7) is 0.381. The van der Waals surface area contributed by atoms with Crippen molar-refractivity contribution in [2.45, 2.75) is 45.1 Å². The molecule has 19 heavy (non-hydrogen) atoms. The molecule has 1 N–H and O–H groups in total. The third-order valence-corrected chi connectivity index (χ3v) is 3.93. The minimum atomic E-state index is -0.832. The SMILES string of the molecule is Cn1ccnc1CNC(=O)C1(C#N)CCCCCC1. The van der Waals surface area contributed by atoms with Gasteiger partial charge < -0.3 is 9.88 Å². The number of nitrogens with zero attached hydrogens (tertiary/aromatic N) is 3. The minimum Gasteiger partial charge on any atom is -0.347 e. The number of carbonyl (C=O) groups excluding carboxylic acids is 1. The van der Waals surface area contributed by atoms with E-state index in [2.05, 4.69) is 16.4 Å². The largest absolute Gasteiger partial charge is 0.347 e. The Labute approximate surface area is 113 Å². The van der Waals surface area contributed by atoms with Gasteiger partial charge in [-0.1, -0.05) is 25.7 Å². The molecule has 0 aromatic carbocycles. The Morgan fingerprint density at radius 1 is 1.47 bits per heavy atom. The number of nitrogens with one attached hydrogen (secondary N) is 1. The van der Waals surface area contributed by atoms with Crippen LogP contribution in [0.3, 0.4) is 0 Å². The van der Waals surface area contributed by atoms with E-state index in [0.717, 1.165) is 31.5 Å². The number of imidazole rings is 1. The molecule has 1 fully saturated rings. The van der Waals surface area contributed by atoms with Crippen LogP contribution in [0.2, 0.25) is 0 Å². The van der Waals surface area contributed by atoms with E-state index in [1.54, 1.807) is 6.20 Å². The summed E-state index contributed by atoms with van der Waals surface area (Å²) in [6.07, 6.45) is 9.06. The first-order valence-corrected chi connectivity index (χ1v) is 6.84. The fraction of sp³-hybridized carbons (Fsp3) is 0.643. The number of aryl methyl sites for hydroxylation is 1. The quantitative estimate of drug-likeness (QED) is 0.844. The molecule has 0 bridgehead atoms. The van der Waals surface area contributed by atoms with Gasteiger partial charge >= 0.3 is 0 Å². The first kappa shape index (κ1) is 13.6. The Kier molecular flexibility index (Phi) is 4.20. The zero-order valence-corrected chi connectivity index (χ0v) is 11.4. The first-order chi connectivity index (χ1) is 9.18. The lowest BCUT2D eigenvalue weighted by Gasteiger charge is -2.23. The van der Waals surface area contributed by atoms with Crippen molar-refractivity contribution in [1.82, 2.24) is 14.9 Å².